The number of fused-ring (bicyclic) bond motifs is 1. The van der Waals surface area contributed by atoms with Crippen molar-refractivity contribution in [1.82, 2.24) is 0 Å². The second kappa shape index (κ2) is 3.48. The highest BCUT2D eigenvalue weighted by Gasteiger charge is 1.98. The lowest BCUT2D eigenvalue weighted by Crippen LogP contribution is -1.88. The van der Waals surface area contributed by atoms with Gasteiger partial charge in [0.1, 0.15) is 5.82 Å². The molecule has 1 atom stereocenters. The predicted molar refractivity (Wildman–Crippen MR) is 51.1 cm³/mol. The monoisotopic (exact) mass is 209 g/mol. The first kappa shape index (κ1) is 9.30. The Bertz CT molecular complexity index is 510. The van der Waals surface area contributed by atoms with Crippen LogP contribution in [0.4, 0.5) is 4.39 Å². The minimum Gasteiger partial charge on any atom is -0.768 e. The van der Waals surface area contributed by atoms with Gasteiger partial charge in [0.2, 0.25) is 0 Å². The molecule has 0 aliphatic carbocycles. The Morgan fingerprint density at radius 1 is 1.07 bits per heavy atom. The van der Waals surface area contributed by atoms with Crippen molar-refractivity contribution >= 4 is 21.9 Å². The van der Waals surface area contributed by atoms with E-state index in [1.54, 1.807) is 12.1 Å². The molecule has 0 spiro atoms. The molecule has 2 rings (SSSR count). The lowest BCUT2D eigenvalue weighted by Gasteiger charge is -2.06. The average Bonchev–Trinajstić information content (AvgIpc) is 2.16. The van der Waals surface area contributed by atoms with Crippen LogP contribution in [0, 0.1) is 5.82 Å². The standard InChI is InChI=1S/C10H7FO2S/c11-9-3-1-8-6-10(14(12)13)4-2-7(8)5-9/h1-6H,(H,12,13)/p-1. The molecule has 0 heterocycles. The van der Waals surface area contributed by atoms with Crippen LogP contribution < -0.4 is 0 Å². The van der Waals surface area contributed by atoms with Gasteiger partial charge in [0, 0.05) is 4.90 Å². The van der Waals surface area contributed by atoms with Crippen LogP contribution in [0.2, 0.25) is 0 Å². The molecule has 0 fully saturated rings. The molecule has 14 heavy (non-hydrogen) atoms. The number of rotatable bonds is 1. The second-order valence-electron chi connectivity index (χ2n) is 2.89. The maximum absolute atomic E-state index is 12.8. The Balaban J connectivity index is 2.67. The first-order chi connectivity index (χ1) is 6.66. The van der Waals surface area contributed by atoms with Gasteiger partial charge in [-0.15, -0.1) is 0 Å². The highest BCUT2D eigenvalue weighted by molar-refractivity contribution is 7.79. The average molecular weight is 209 g/mol. The number of halogens is 1. The highest BCUT2D eigenvalue weighted by Crippen LogP contribution is 2.18. The third-order valence-corrected chi connectivity index (χ3v) is 2.61. The Hall–Kier alpha value is -1.26. The fourth-order valence-electron chi connectivity index (χ4n) is 1.30. The van der Waals surface area contributed by atoms with Gasteiger partial charge in [-0.05, 0) is 46.1 Å². The molecule has 4 heteroatoms. The van der Waals surface area contributed by atoms with E-state index in [2.05, 4.69) is 0 Å². The van der Waals surface area contributed by atoms with E-state index in [9.17, 15) is 13.2 Å². The Labute approximate surface area is 82.7 Å². The lowest BCUT2D eigenvalue weighted by molar-refractivity contribution is 0.537. The summed E-state index contributed by atoms with van der Waals surface area (Å²) in [5.41, 5.74) is 0. The van der Waals surface area contributed by atoms with E-state index in [-0.39, 0.29) is 10.7 Å². The summed E-state index contributed by atoms with van der Waals surface area (Å²) in [5, 5.41) is 1.41. The largest absolute Gasteiger partial charge is 0.768 e. The molecular formula is C10H6FO2S-. The molecule has 0 aliphatic rings. The van der Waals surface area contributed by atoms with Crippen LogP contribution >= 0.6 is 0 Å². The fourth-order valence-corrected chi connectivity index (χ4v) is 1.70. The summed E-state index contributed by atoms with van der Waals surface area (Å²) < 4.78 is 34.0. The van der Waals surface area contributed by atoms with Crippen LogP contribution in [0.15, 0.2) is 41.3 Å². The van der Waals surface area contributed by atoms with Crippen LogP contribution in [-0.4, -0.2) is 8.76 Å². The van der Waals surface area contributed by atoms with Gasteiger partial charge in [-0.3, -0.25) is 4.21 Å². The van der Waals surface area contributed by atoms with Crippen molar-refractivity contribution in [3.05, 3.63) is 42.2 Å². The third kappa shape index (κ3) is 1.66. The molecule has 2 aromatic carbocycles. The summed E-state index contributed by atoms with van der Waals surface area (Å²) in [7, 11) is 0. The molecule has 1 unspecified atom stereocenters. The van der Waals surface area contributed by atoms with Crippen molar-refractivity contribution < 1.29 is 13.2 Å². The molecule has 0 aromatic heterocycles. The lowest BCUT2D eigenvalue weighted by atomic mass is 10.1. The molecule has 0 aliphatic heterocycles. The van der Waals surface area contributed by atoms with Crippen molar-refractivity contribution in [3.63, 3.8) is 0 Å². The van der Waals surface area contributed by atoms with Crippen LogP contribution in [-0.2, 0) is 11.1 Å². The quantitative estimate of drug-likeness (QED) is 0.675. The zero-order valence-corrected chi connectivity index (χ0v) is 7.88. The number of benzene rings is 2. The van der Waals surface area contributed by atoms with Gasteiger partial charge in [0.15, 0.2) is 0 Å². The molecule has 0 bridgehead atoms. The predicted octanol–water partition coefficient (Wildman–Crippen LogP) is 2.22. The molecule has 0 saturated heterocycles. The molecular weight excluding hydrogens is 203 g/mol. The maximum atomic E-state index is 12.8. The van der Waals surface area contributed by atoms with Gasteiger partial charge in [0.25, 0.3) is 0 Å². The summed E-state index contributed by atoms with van der Waals surface area (Å²) >= 11 is -2.23. The first-order valence-corrected chi connectivity index (χ1v) is 5.03. The molecule has 0 saturated carbocycles. The minimum absolute atomic E-state index is 0.212. The fraction of sp³-hybridized carbons (Fsp3) is 0. The van der Waals surface area contributed by atoms with Crippen molar-refractivity contribution in [1.29, 1.82) is 0 Å². The Morgan fingerprint density at radius 3 is 2.43 bits per heavy atom. The zero-order valence-electron chi connectivity index (χ0n) is 7.07. The first-order valence-electron chi connectivity index (χ1n) is 3.95. The van der Waals surface area contributed by atoms with Gasteiger partial charge in [-0.25, -0.2) is 4.39 Å². The van der Waals surface area contributed by atoms with Gasteiger partial charge in [-0.2, -0.15) is 0 Å². The summed E-state index contributed by atoms with van der Waals surface area (Å²) in [6.07, 6.45) is 0. The SMILES string of the molecule is O=S([O-])c1ccc2cc(F)ccc2c1. The minimum atomic E-state index is -2.23. The van der Waals surface area contributed by atoms with E-state index in [4.69, 9.17) is 0 Å². The van der Waals surface area contributed by atoms with Crippen molar-refractivity contribution in [2.45, 2.75) is 4.90 Å². The maximum Gasteiger partial charge on any atom is 0.123 e. The van der Waals surface area contributed by atoms with Crippen LogP contribution in [0.1, 0.15) is 0 Å². The van der Waals surface area contributed by atoms with Crippen molar-refractivity contribution in [2.75, 3.05) is 0 Å². The van der Waals surface area contributed by atoms with E-state index in [1.807, 2.05) is 0 Å². The van der Waals surface area contributed by atoms with Crippen LogP contribution in [0.3, 0.4) is 0 Å². The van der Waals surface area contributed by atoms with Gasteiger partial charge in [-0.1, -0.05) is 12.1 Å². The van der Waals surface area contributed by atoms with Crippen LogP contribution in [0.25, 0.3) is 10.8 Å². The van der Waals surface area contributed by atoms with E-state index in [1.165, 1.54) is 24.3 Å². The molecule has 0 amide bonds. The summed E-state index contributed by atoms with van der Waals surface area (Å²) in [4.78, 5) is 0.212. The van der Waals surface area contributed by atoms with E-state index >= 15 is 0 Å². The summed E-state index contributed by atoms with van der Waals surface area (Å²) in [5.74, 6) is -0.325. The van der Waals surface area contributed by atoms with Crippen molar-refractivity contribution in [2.24, 2.45) is 0 Å². The zero-order chi connectivity index (χ0) is 10.1. The highest BCUT2D eigenvalue weighted by atomic mass is 32.2. The topological polar surface area (TPSA) is 40.1 Å². The molecule has 2 nitrogen and oxygen atoms in total. The van der Waals surface area contributed by atoms with E-state index < -0.39 is 11.1 Å². The number of hydrogen-bond donors (Lipinski definition) is 0. The van der Waals surface area contributed by atoms with Crippen molar-refractivity contribution in [3.8, 4) is 0 Å². The molecule has 2 aromatic rings. The van der Waals surface area contributed by atoms with Crippen LogP contribution in [0.5, 0.6) is 0 Å². The van der Waals surface area contributed by atoms with Gasteiger partial charge >= 0.3 is 0 Å². The van der Waals surface area contributed by atoms with E-state index in [0.29, 0.717) is 10.8 Å². The molecule has 72 valence electrons. The van der Waals surface area contributed by atoms with Gasteiger partial charge < -0.3 is 4.55 Å². The molecule has 0 N–H and O–H groups in total. The number of hydrogen-bond acceptors (Lipinski definition) is 2. The Morgan fingerprint density at radius 2 is 1.71 bits per heavy atom. The Kier molecular flexibility index (Phi) is 2.31. The normalized spacial score (nSPS) is 13.0. The van der Waals surface area contributed by atoms with Gasteiger partial charge in [0.05, 0.1) is 0 Å². The molecule has 0 radical (unpaired) electrons. The third-order valence-electron chi connectivity index (χ3n) is 1.97. The summed E-state index contributed by atoms with van der Waals surface area (Å²) in [6.45, 7) is 0. The summed E-state index contributed by atoms with van der Waals surface area (Å²) in [6, 6.07) is 8.78. The smallest absolute Gasteiger partial charge is 0.123 e. The van der Waals surface area contributed by atoms with E-state index in [0.717, 1.165) is 0 Å². The second-order valence-corrected chi connectivity index (χ2v) is 3.83.